The standard InChI is InChI=1S/C20H15F2N3O3/c21-14-6-5-12(9-15(14)22)25-16-3-1-2-13(16)19(24-25)20(26)23-11-4-7-17-18(8-11)28-10-27-17/h4-9H,1-3,10H2,(H,23,26). The predicted molar refractivity (Wildman–Crippen MR) is 96.0 cm³/mol. The Bertz CT molecular complexity index is 1110. The Hall–Kier alpha value is -3.42. The van der Waals surface area contributed by atoms with Crippen LogP contribution in [-0.4, -0.2) is 22.5 Å². The molecule has 0 bridgehead atoms. The molecule has 0 unspecified atom stereocenters. The van der Waals surface area contributed by atoms with Crippen LogP contribution in [0.4, 0.5) is 14.5 Å². The second kappa shape index (κ2) is 6.33. The van der Waals surface area contributed by atoms with Crippen molar-refractivity contribution < 1.29 is 23.0 Å². The van der Waals surface area contributed by atoms with E-state index in [4.69, 9.17) is 9.47 Å². The van der Waals surface area contributed by atoms with Gasteiger partial charge in [0, 0.05) is 29.1 Å². The van der Waals surface area contributed by atoms with E-state index in [2.05, 4.69) is 10.4 Å². The molecule has 28 heavy (non-hydrogen) atoms. The highest BCUT2D eigenvalue weighted by Gasteiger charge is 2.27. The number of carbonyl (C=O) groups is 1. The van der Waals surface area contributed by atoms with Crippen LogP contribution in [0.2, 0.25) is 0 Å². The van der Waals surface area contributed by atoms with E-state index in [0.29, 0.717) is 29.3 Å². The first kappa shape index (κ1) is 16.7. The number of carbonyl (C=O) groups excluding carboxylic acids is 1. The van der Waals surface area contributed by atoms with E-state index < -0.39 is 11.6 Å². The summed E-state index contributed by atoms with van der Waals surface area (Å²) in [5.41, 5.74) is 2.92. The van der Waals surface area contributed by atoms with Gasteiger partial charge in [0.25, 0.3) is 5.91 Å². The van der Waals surface area contributed by atoms with Crippen molar-refractivity contribution in [1.82, 2.24) is 9.78 Å². The summed E-state index contributed by atoms with van der Waals surface area (Å²) in [6, 6.07) is 8.72. The number of nitrogens with zero attached hydrogens (tertiary/aromatic N) is 2. The third kappa shape index (κ3) is 2.69. The van der Waals surface area contributed by atoms with Gasteiger partial charge in [0.1, 0.15) is 0 Å². The van der Waals surface area contributed by atoms with Crippen molar-refractivity contribution in [3.63, 3.8) is 0 Å². The lowest BCUT2D eigenvalue weighted by atomic mass is 10.2. The Morgan fingerprint density at radius 3 is 2.75 bits per heavy atom. The molecule has 3 aromatic rings. The van der Waals surface area contributed by atoms with Gasteiger partial charge in [-0.2, -0.15) is 5.10 Å². The zero-order valence-electron chi connectivity index (χ0n) is 14.7. The number of benzene rings is 2. The highest BCUT2D eigenvalue weighted by Crippen LogP contribution is 2.35. The number of nitrogens with one attached hydrogen (secondary N) is 1. The number of amides is 1. The minimum atomic E-state index is -0.953. The van der Waals surface area contributed by atoms with Crippen molar-refractivity contribution in [2.75, 3.05) is 12.1 Å². The number of ether oxygens (including phenoxy) is 2. The maximum Gasteiger partial charge on any atom is 0.276 e. The third-order valence-electron chi connectivity index (χ3n) is 4.92. The summed E-state index contributed by atoms with van der Waals surface area (Å²) in [6.07, 6.45) is 2.31. The number of rotatable bonds is 3. The van der Waals surface area contributed by atoms with E-state index in [1.165, 1.54) is 10.7 Å². The smallest absolute Gasteiger partial charge is 0.276 e. The van der Waals surface area contributed by atoms with E-state index in [9.17, 15) is 13.6 Å². The van der Waals surface area contributed by atoms with Crippen LogP contribution in [0.3, 0.4) is 0 Å². The normalized spacial score (nSPS) is 14.2. The third-order valence-corrected chi connectivity index (χ3v) is 4.92. The van der Waals surface area contributed by atoms with E-state index in [1.807, 2.05) is 0 Å². The Balaban J connectivity index is 1.48. The monoisotopic (exact) mass is 383 g/mol. The quantitative estimate of drug-likeness (QED) is 0.750. The Morgan fingerprint density at radius 1 is 1.04 bits per heavy atom. The van der Waals surface area contributed by atoms with Gasteiger partial charge in [-0.1, -0.05) is 0 Å². The summed E-state index contributed by atoms with van der Waals surface area (Å²) in [5.74, 6) is -1.05. The fourth-order valence-electron chi connectivity index (χ4n) is 3.61. The second-order valence-corrected chi connectivity index (χ2v) is 6.66. The molecule has 2 aromatic carbocycles. The predicted octanol–water partition coefficient (Wildman–Crippen LogP) is 3.62. The van der Waals surface area contributed by atoms with Crippen LogP contribution in [0.5, 0.6) is 11.5 Å². The van der Waals surface area contributed by atoms with Crippen molar-refractivity contribution in [3.05, 3.63) is 65.0 Å². The molecule has 1 aliphatic heterocycles. The summed E-state index contributed by atoms with van der Waals surface area (Å²) in [6.45, 7) is 0.152. The minimum Gasteiger partial charge on any atom is -0.454 e. The molecular weight excluding hydrogens is 368 g/mol. The first-order valence-electron chi connectivity index (χ1n) is 8.87. The first-order valence-corrected chi connectivity index (χ1v) is 8.87. The Labute approximate surface area is 158 Å². The summed E-state index contributed by atoms with van der Waals surface area (Å²) in [7, 11) is 0. The fraction of sp³-hybridized carbons (Fsp3) is 0.200. The highest BCUT2D eigenvalue weighted by atomic mass is 19.2. The largest absolute Gasteiger partial charge is 0.454 e. The topological polar surface area (TPSA) is 65.4 Å². The molecule has 142 valence electrons. The molecule has 1 aromatic heterocycles. The average Bonchev–Trinajstić information content (AvgIpc) is 3.39. The van der Waals surface area contributed by atoms with Gasteiger partial charge in [0.15, 0.2) is 28.8 Å². The lowest BCUT2D eigenvalue weighted by molar-refractivity contribution is 0.102. The molecule has 0 spiro atoms. The number of aromatic nitrogens is 2. The number of hydrogen-bond donors (Lipinski definition) is 1. The molecule has 5 rings (SSSR count). The van der Waals surface area contributed by atoms with Gasteiger partial charge in [-0.25, -0.2) is 13.5 Å². The average molecular weight is 383 g/mol. The molecule has 0 atom stereocenters. The number of hydrogen-bond acceptors (Lipinski definition) is 4. The van der Waals surface area contributed by atoms with Gasteiger partial charge in [-0.05, 0) is 43.5 Å². The molecule has 1 aliphatic carbocycles. The lowest BCUT2D eigenvalue weighted by Gasteiger charge is -2.06. The van der Waals surface area contributed by atoms with Gasteiger partial charge in [0.2, 0.25) is 6.79 Å². The molecule has 2 heterocycles. The molecule has 6 nitrogen and oxygen atoms in total. The van der Waals surface area contributed by atoms with Gasteiger partial charge < -0.3 is 14.8 Å². The molecule has 2 aliphatic rings. The van der Waals surface area contributed by atoms with Crippen LogP contribution in [0, 0.1) is 11.6 Å². The highest BCUT2D eigenvalue weighted by molar-refractivity contribution is 6.04. The fourth-order valence-corrected chi connectivity index (χ4v) is 3.61. The van der Waals surface area contributed by atoms with Crippen molar-refractivity contribution in [3.8, 4) is 17.2 Å². The minimum absolute atomic E-state index is 0.152. The van der Waals surface area contributed by atoms with E-state index in [-0.39, 0.29) is 18.4 Å². The van der Waals surface area contributed by atoms with Crippen LogP contribution in [0.25, 0.3) is 5.69 Å². The van der Waals surface area contributed by atoms with Gasteiger partial charge >= 0.3 is 0 Å². The van der Waals surface area contributed by atoms with Gasteiger partial charge in [-0.15, -0.1) is 0 Å². The molecular formula is C20H15F2N3O3. The summed E-state index contributed by atoms with van der Waals surface area (Å²) < 4.78 is 39.0. The Kier molecular flexibility index (Phi) is 3.78. The van der Waals surface area contributed by atoms with Crippen LogP contribution < -0.4 is 14.8 Å². The van der Waals surface area contributed by atoms with Crippen LogP contribution in [0.1, 0.15) is 28.2 Å². The van der Waals surface area contributed by atoms with Gasteiger partial charge in [0.05, 0.1) is 5.69 Å². The zero-order valence-corrected chi connectivity index (χ0v) is 14.7. The molecule has 0 saturated heterocycles. The summed E-state index contributed by atoms with van der Waals surface area (Å²) >= 11 is 0. The van der Waals surface area contributed by atoms with Crippen LogP contribution in [0.15, 0.2) is 36.4 Å². The molecule has 0 radical (unpaired) electrons. The second-order valence-electron chi connectivity index (χ2n) is 6.66. The molecule has 0 fully saturated rings. The van der Waals surface area contributed by atoms with E-state index in [1.54, 1.807) is 18.2 Å². The maximum absolute atomic E-state index is 13.7. The van der Waals surface area contributed by atoms with Crippen molar-refractivity contribution >= 4 is 11.6 Å². The van der Waals surface area contributed by atoms with Crippen molar-refractivity contribution in [1.29, 1.82) is 0 Å². The van der Waals surface area contributed by atoms with Crippen molar-refractivity contribution in [2.45, 2.75) is 19.3 Å². The Morgan fingerprint density at radius 2 is 1.89 bits per heavy atom. The van der Waals surface area contributed by atoms with Crippen LogP contribution in [-0.2, 0) is 12.8 Å². The molecule has 0 saturated carbocycles. The van der Waals surface area contributed by atoms with Crippen LogP contribution >= 0.6 is 0 Å². The number of fused-ring (bicyclic) bond motifs is 2. The number of anilines is 1. The van der Waals surface area contributed by atoms with E-state index in [0.717, 1.165) is 36.2 Å². The maximum atomic E-state index is 13.7. The molecule has 1 amide bonds. The zero-order chi connectivity index (χ0) is 19.3. The van der Waals surface area contributed by atoms with E-state index >= 15 is 0 Å². The SMILES string of the molecule is O=C(Nc1ccc2c(c1)OCO2)c1nn(-c2ccc(F)c(F)c2)c2c1CCC2. The molecule has 8 heteroatoms. The summed E-state index contributed by atoms with van der Waals surface area (Å²) in [4.78, 5) is 12.8. The lowest BCUT2D eigenvalue weighted by Crippen LogP contribution is -2.15. The summed E-state index contributed by atoms with van der Waals surface area (Å²) in [5, 5.41) is 7.22. The van der Waals surface area contributed by atoms with Gasteiger partial charge in [-0.3, -0.25) is 4.79 Å². The number of halogens is 2. The molecule has 1 N–H and O–H groups in total. The first-order chi connectivity index (χ1) is 13.6. The van der Waals surface area contributed by atoms with Crippen molar-refractivity contribution in [2.24, 2.45) is 0 Å².